The Balaban J connectivity index is 1.46. The van der Waals surface area contributed by atoms with Gasteiger partial charge in [0.2, 0.25) is 0 Å². The van der Waals surface area contributed by atoms with Crippen molar-refractivity contribution in [2.24, 2.45) is 5.92 Å². The lowest BCUT2D eigenvalue weighted by atomic mass is 9.78. The third-order valence-electron chi connectivity index (χ3n) is 6.84. The largest absolute Gasteiger partial charge is 0.479 e. The van der Waals surface area contributed by atoms with E-state index in [0.29, 0.717) is 70.6 Å². The van der Waals surface area contributed by atoms with E-state index < -0.39 is 23.9 Å². The zero-order valence-electron chi connectivity index (χ0n) is 19.6. The van der Waals surface area contributed by atoms with Gasteiger partial charge in [0, 0.05) is 40.9 Å². The topological polar surface area (TPSA) is 144 Å². The molecule has 1 aliphatic carbocycles. The minimum absolute atomic E-state index is 0.0469. The molecule has 194 valence electrons. The average Bonchev–Trinajstić information content (AvgIpc) is 3.53. The smallest absolute Gasteiger partial charge is 0.338 e. The number of rotatable bonds is 7. The third kappa shape index (κ3) is 4.68. The number of hydrogen-bond acceptors (Lipinski definition) is 7. The molecule has 5 rings (SSSR count). The highest BCUT2D eigenvalue weighted by Crippen LogP contribution is 2.42. The van der Waals surface area contributed by atoms with Crippen LogP contribution in [0, 0.1) is 11.7 Å². The van der Waals surface area contributed by atoms with E-state index in [0.717, 1.165) is 0 Å². The summed E-state index contributed by atoms with van der Waals surface area (Å²) >= 11 is 3.52. The second-order valence-corrected chi connectivity index (χ2v) is 9.90. The summed E-state index contributed by atoms with van der Waals surface area (Å²) in [5.74, 6) is -2.23. The van der Waals surface area contributed by atoms with Crippen molar-refractivity contribution in [3.63, 3.8) is 0 Å². The van der Waals surface area contributed by atoms with Crippen LogP contribution in [0.1, 0.15) is 37.3 Å². The summed E-state index contributed by atoms with van der Waals surface area (Å²) in [5.41, 5.74) is 9.07. The summed E-state index contributed by atoms with van der Waals surface area (Å²) in [5, 5.41) is 26.5. The van der Waals surface area contributed by atoms with Crippen molar-refractivity contribution in [1.82, 2.24) is 29.4 Å². The average molecular weight is 576 g/mol. The fourth-order valence-corrected chi connectivity index (χ4v) is 5.46. The van der Waals surface area contributed by atoms with Crippen LogP contribution in [0.2, 0.25) is 0 Å². The molecule has 4 aromatic rings. The molecule has 0 spiro atoms. The van der Waals surface area contributed by atoms with E-state index >= 15 is 4.39 Å². The van der Waals surface area contributed by atoms with Crippen molar-refractivity contribution in [2.45, 2.75) is 44.3 Å². The van der Waals surface area contributed by atoms with Gasteiger partial charge in [0.25, 0.3) is 0 Å². The number of pyridine rings is 1. The number of carboxylic acid groups (broad SMARTS) is 1. The van der Waals surface area contributed by atoms with Crippen LogP contribution in [-0.2, 0) is 11.3 Å². The number of carboxylic acids is 1. The number of fused-ring (bicyclic) bond motifs is 1. The molecule has 10 nitrogen and oxygen atoms in total. The second-order valence-electron chi connectivity index (χ2n) is 9.11. The molecule has 1 saturated carbocycles. The Morgan fingerprint density at radius 3 is 2.62 bits per heavy atom. The lowest BCUT2D eigenvalue weighted by molar-refractivity contribution is -0.145. The number of aliphatic carboxylic acids is 1. The number of aliphatic hydroxyl groups is 1. The first-order valence-electron chi connectivity index (χ1n) is 11.8. The van der Waals surface area contributed by atoms with Crippen LogP contribution >= 0.6 is 15.9 Å². The maximum Gasteiger partial charge on any atom is 0.338 e. The van der Waals surface area contributed by atoms with E-state index in [1.165, 1.54) is 27.7 Å². The molecule has 0 saturated heterocycles. The van der Waals surface area contributed by atoms with Gasteiger partial charge in [0.05, 0.1) is 35.7 Å². The number of alkyl halides is 1. The number of nitrogens with two attached hydrogens (primary N) is 1. The summed E-state index contributed by atoms with van der Waals surface area (Å²) in [6.45, 7) is 0.210. The van der Waals surface area contributed by atoms with Gasteiger partial charge in [-0.3, -0.25) is 9.67 Å². The number of halogens is 3. The van der Waals surface area contributed by atoms with Crippen LogP contribution in [0.4, 0.5) is 14.6 Å². The minimum Gasteiger partial charge on any atom is -0.479 e. The number of nitrogens with zero attached hydrogens (tertiary/aromatic N) is 6. The molecule has 4 N–H and O–H groups in total. The summed E-state index contributed by atoms with van der Waals surface area (Å²) in [7, 11) is 0. The SMILES string of the molecule is Nc1c(Br)c([C@H]2CC[C@@H](C(F)C(=O)O)CC2)nc2c(-c3cnc(-c4cnn(CCO)c4)c(F)c3)cnn12. The van der Waals surface area contributed by atoms with Gasteiger partial charge in [0.15, 0.2) is 11.8 Å². The number of nitrogen functional groups attached to an aromatic ring is 1. The lowest BCUT2D eigenvalue weighted by Gasteiger charge is -2.29. The van der Waals surface area contributed by atoms with Crippen molar-refractivity contribution >= 4 is 33.4 Å². The Labute approximate surface area is 218 Å². The molecule has 0 bridgehead atoms. The molecular formula is C24H24BrF2N7O3. The van der Waals surface area contributed by atoms with Gasteiger partial charge in [-0.15, -0.1) is 0 Å². The highest BCUT2D eigenvalue weighted by atomic mass is 79.9. The first-order valence-corrected chi connectivity index (χ1v) is 12.6. The van der Waals surface area contributed by atoms with Crippen molar-refractivity contribution < 1.29 is 23.8 Å². The predicted octanol–water partition coefficient (Wildman–Crippen LogP) is 3.83. The molecule has 0 aliphatic heterocycles. The highest BCUT2D eigenvalue weighted by Gasteiger charge is 2.34. The first-order chi connectivity index (χ1) is 17.8. The normalized spacial score (nSPS) is 18.8. The summed E-state index contributed by atoms with van der Waals surface area (Å²) < 4.78 is 32.6. The molecule has 0 aromatic carbocycles. The van der Waals surface area contributed by atoms with Crippen LogP contribution < -0.4 is 5.73 Å². The molecule has 0 radical (unpaired) electrons. The number of aromatic nitrogens is 6. The van der Waals surface area contributed by atoms with E-state index in [-0.39, 0.29) is 18.2 Å². The Bertz CT molecular complexity index is 1470. The Morgan fingerprint density at radius 1 is 1.19 bits per heavy atom. The van der Waals surface area contributed by atoms with Crippen LogP contribution in [-0.4, -0.2) is 58.3 Å². The molecule has 4 aromatic heterocycles. The highest BCUT2D eigenvalue weighted by molar-refractivity contribution is 9.10. The summed E-state index contributed by atoms with van der Waals surface area (Å²) in [6, 6.07) is 1.35. The van der Waals surface area contributed by atoms with Gasteiger partial charge in [-0.2, -0.15) is 14.7 Å². The monoisotopic (exact) mass is 575 g/mol. The van der Waals surface area contributed by atoms with Gasteiger partial charge in [0.1, 0.15) is 17.3 Å². The Kier molecular flexibility index (Phi) is 6.90. The van der Waals surface area contributed by atoms with Gasteiger partial charge in [-0.1, -0.05) is 0 Å². The maximum atomic E-state index is 15.1. The van der Waals surface area contributed by atoms with Crippen molar-refractivity contribution in [1.29, 1.82) is 0 Å². The molecule has 13 heteroatoms. The molecule has 37 heavy (non-hydrogen) atoms. The zero-order chi connectivity index (χ0) is 26.3. The third-order valence-corrected chi connectivity index (χ3v) is 7.66. The van der Waals surface area contributed by atoms with Gasteiger partial charge in [-0.05, 0) is 47.7 Å². The van der Waals surface area contributed by atoms with Crippen molar-refractivity contribution in [2.75, 3.05) is 12.3 Å². The standard InChI is InChI=1S/C24H24BrF2N7O3/c25-18-21(13-3-1-12(2-4-13)19(27)24(36)37)32-23-16(10-31-34(23)22(18)28)14-7-17(26)20(29-8-14)15-9-30-33(11-15)5-6-35/h7-13,19,35H,1-6,28H2,(H,36,37)/t12-,13+,19?. The minimum atomic E-state index is -1.87. The predicted molar refractivity (Wildman–Crippen MR) is 134 cm³/mol. The van der Waals surface area contributed by atoms with Crippen LogP contribution in [0.15, 0.2) is 35.3 Å². The van der Waals surface area contributed by atoms with E-state index in [1.807, 2.05) is 0 Å². The quantitative estimate of drug-likeness (QED) is 0.301. The Morgan fingerprint density at radius 2 is 1.95 bits per heavy atom. The fourth-order valence-electron chi connectivity index (χ4n) is 4.88. The van der Waals surface area contributed by atoms with Gasteiger partial charge < -0.3 is 15.9 Å². The van der Waals surface area contributed by atoms with Gasteiger partial charge >= 0.3 is 5.97 Å². The molecule has 4 heterocycles. The van der Waals surface area contributed by atoms with Crippen LogP contribution in [0.3, 0.4) is 0 Å². The number of aliphatic hydroxyl groups excluding tert-OH is 1. The number of anilines is 1. The maximum absolute atomic E-state index is 15.1. The van der Waals surface area contributed by atoms with Gasteiger partial charge in [-0.25, -0.2) is 18.6 Å². The zero-order valence-corrected chi connectivity index (χ0v) is 21.1. The molecule has 1 aliphatic rings. The number of carbonyl (C=O) groups is 1. The summed E-state index contributed by atoms with van der Waals surface area (Å²) in [4.78, 5) is 20.1. The van der Waals surface area contributed by atoms with Crippen molar-refractivity contribution in [3.05, 3.63) is 46.8 Å². The van der Waals surface area contributed by atoms with Crippen LogP contribution in [0.5, 0.6) is 0 Å². The van der Waals surface area contributed by atoms with E-state index in [1.54, 1.807) is 12.4 Å². The molecule has 1 unspecified atom stereocenters. The lowest BCUT2D eigenvalue weighted by Crippen LogP contribution is -2.28. The molecule has 0 amide bonds. The van der Waals surface area contributed by atoms with E-state index in [4.69, 9.17) is 20.9 Å². The second kappa shape index (κ2) is 10.1. The summed E-state index contributed by atoms with van der Waals surface area (Å²) in [6.07, 6.45) is 6.27. The van der Waals surface area contributed by atoms with E-state index in [9.17, 15) is 9.18 Å². The molecular weight excluding hydrogens is 552 g/mol. The fraction of sp³-hybridized carbons (Fsp3) is 0.375. The first kappa shape index (κ1) is 25.2. The van der Waals surface area contributed by atoms with Crippen molar-refractivity contribution in [3.8, 4) is 22.4 Å². The van der Waals surface area contributed by atoms with Crippen LogP contribution in [0.25, 0.3) is 28.0 Å². The molecule has 1 fully saturated rings. The Hall–Kier alpha value is -3.45. The van der Waals surface area contributed by atoms with E-state index in [2.05, 4.69) is 31.1 Å². The number of hydrogen-bond donors (Lipinski definition) is 3. The molecule has 1 atom stereocenters.